The van der Waals surface area contributed by atoms with E-state index in [4.69, 9.17) is 4.74 Å². The molecule has 44 heavy (non-hydrogen) atoms. The fourth-order valence-corrected chi connectivity index (χ4v) is 5.53. The van der Waals surface area contributed by atoms with E-state index >= 15 is 0 Å². The summed E-state index contributed by atoms with van der Waals surface area (Å²) in [6, 6.07) is 17.6. The normalized spacial score (nSPS) is 21.1. The standard InChI is InChI=1S/C32H30F3N5O4/c1-22-30(28-15-16-37(2)39(28)26-13-11-23(18-36)12-14-26)31(42)38(19-29(41)44-20-24-7-4-3-5-8-24)21-40(22,43)27-10-6-9-25(17-27)32(33,34)35/h3-5,7-9,11-15,17H,6,10,16,19-21H2,1-2H3. The zero-order valence-electron chi connectivity index (χ0n) is 24.2. The molecule has 0 spiro atoms. The molecule has 2 aromatic carbocycles. The molecular formula is C32H30F3N5O4. The molecule has 2 aromatic rings. The highest BCUT2D eigenvalue weighted by molar-refractivity contribution is 6.01. The van der Waals surface area contributed by atoms with E-state index < -0.39 is 41.5 Å². The van der Waals surface area contributed by atoms with E-state index in [0.717, 1.165) is 22.6 Å². The Morgan fingerprint density at radius 3 is 2.48 bits per heavy atom. The lowest BCUT2D eigenvalue weighted by Crippen LogP contribution is -2.57. The number of hydrogen-bond acceptors (Lipinski definition) is 7. The number of esters is 1. The molecule has 1 aliphatic carbocycles. The molecule has 0 saturated carbocycles. The van der Waals surface area contributed by atoms with Crippen molar-refractivity contribution in [2.45, 2.75) is 32.5 Å². The minimum Gasteiger partial charge on any atom is -0.621 e. The van der Waals surface area contributed by atoms with Crippen LogP contribution in [0.25, 0.3) is 0 Å². The van der Waals surface area contributed by atoms with Crippen molar-refractivity contribution < 1.29 is 32.1 Å². The summed E-state index contributed by atoms with van der Waals surface area (Å²) in [6.45, 7) is 0.606. The lowest BCUT2D eigenvalue weighted by atomic mass is 9.99. The molecule has 2 aliphatic heterocycles. The van der Waals surface area contributed by atoms with Gasteiger partial charge >= 0.3 is 12.1 Å². The molecule has 5 rings (SSSR count). The second-order valence-electron chi connectivity index (χ2n) is 10.7. The molecule has 1 atom stereocenters. The van der Waals surface area contributed by atoms with E-state index in [0.29, 0.717) is 23.5 Å². The largest absolute Gasteiger partial charge is 0.621 e. The number of carbonyl (C=O) groups is 2. The number of ether oxygens (including phenoxy) is 1. The number of allylic oxidation sites excluding steroid dienone is 5. The van der Waals surface area contributed by atoms with Crippen molar-refractivity contribution >= 4 is 17.6 Å². The molecule has 228 valence electrons. The zero-order valence-corrected chi connectivity index (χ0v) is 24.2. The number of nitrogens with zero attached hydrogens (tertiary/aromatic N) is 5. The molecule has 3 aliphatic rings. The number of likely N-dealkylation sites (N-methyl/N-ethyl adjacent to an activating group) is 1. The molecule has 2 heterocycles. The fourth-order valence-electron chi connectivity index (χ4n) is 5.53. The van der Waals surface area contributed by atoms with Gasteiger partial charge in [-0.1, -0.05) is 36.4 Å². The van der Waals surface area contributed by atoms with Crippen LogP contribution in [-0.2, 0) is 20.9 Å². The van der Waals surface area contributed by atoms with Crippen LogP contribution in [0.3, 0.4) is 0 Å². The van der Waals surface area contributed by atoms with Crippen molar-refractivity contribution in [3.63, 3.8) is 0 Å². The average molecular weight is 606 g/mol. The third-order valence-electron chi connectivity index (χ3n) is 7.83. The van der Waals surface area contributed by atoms with Gasteiger partial charge in [-0.05, 0) is 42.3 Å². The molecule has 0 saturated heterocycles. The molecule has 0 fully saturated rings. The number of hydroxylamine groups is 3. The number of alkyl halides is 3. The van der Waals surface area contributed by atoms with Crippen LogP contribution in [0, 0.1) is 16.5 Å². The summed E-state index contributed by atoms with van der Waals surface area (Å²) in [4.78, 5) is 28.1. The van der Waals surface area contributed by atoms with E-state index in [-0.39, 0.29) is 36.4 Å². The van der Waals surface area contributed by atoms with Crippen LogP contribution in [0.15, 0.2) is 101 Å². The SMILES string of the molecule is CC1=C(C2=CCN(C)N2c2ccc(C#N)cc2)C(=O)N(CC(=O)OCc2ccccc2)C[N+]1([O-])C1=CC(C(F)(F)F)=CCC1. The van der Waals surface area contributed by atoms with Gasteiger partial charge in [0.1, 0.15) is 30.1 Å². The highest BCUT2D eigenvalue weighted by Gasteiger charge is 2.46. The maximum atomic E-state index is 14.7. The third kappa shape index (κ3) is 6.03. The summed E-state index contributed by atoms with van der Waals surface area (Å²) >= 11 is 0. The highest BCUT2D eigenvalue weighted by Crippen LogP contribution is 2.42. The Bertz CT molecular complexity index is 1620. The molecule has 0 bridgehead atoms. The van der Waals surface area contributed by atoms with Crippen molar-refractivity contribution in [1.29, 1.82) is 5.26 Å². The summed E-state index contributed by atoms with van der Waals surface area (Å²) in [6.07, 6.45) is -0.959. The molecule has 9 nitrogen and oxygen atoms in total. The second kappa shape index (κ2) is 12.1. The van der Waals surface area contributed by atoms with Gasteiger partial charge in [0.05, 0.1) is 28.6 Å². The first kappa shape index (κ1) is 30.7. The van der Waals surface area contributed by atoms with Gasteiger partial charge in [-0.15, -0.1) is 0 Å². The van der Waals surface area contributed by atoms with Gasteiger partial charge in [0, 0.05) is 33.0 Å². The van der Waals surface area contributed by atoms with Gasteiger partial charge in [-0.2, -0.15) is 18.4 Å². The maximum Gasteiger partial charge on any atom is 0.416 e. The van der Waals surface area contributed by atoms with Crippen molar-refractivity contribution in [3.05, 3.63) is 117 Å². The Morgan fingerprint density at radius 1 is 1.11 bits per heavy atom. The Kier molecular flexibility index (Phi) is 8.47. The van der Waals surface area contributed by atoms with Crippen LogP contribution in [0.2, 0.25) is 0 Å². The lowest BCUT2D eigenvalue weighted by molar-refractivity contribution is -0.817. The predicted molar refractivity (Wildman–Crippen MR) is 155 cm³/mol. The Labute approximate surface area is 252 Å². The summed E-state index contributed by atoms with van der Waals surface area (Å²) in [5.74, 6) is -1.38. The summed E-state index contributed by atoms with van der Waals surface area (Å²) in [7, 11) is 1.77. The number of hydrazine groups is 1. The third-order valence-corrected chi connectivity index (χ3v) is 7.83. The van der Waals surface area contributed by atoms with Gasteiger partial charge in [-0.3, -0.25) is 24.1 Å². The molecule has 0 aromatic heterocycles. The van der Waals surface area contributed by atoms with Crippen LogP contribution >= 0.6 is 0 Å². The van der Waals surface area contributed by atoms with E-state index in [1.807, 2.05) is 6.07 Å². The first-order valence-corrected chi connectivity index (χ1v) is 13.9. The highest BCUT2D eigenvalue weighted by atomic mass is 19.4. The lowest BCUT2D eigenvalue weighted by Gasteiger charge is -2.50. The minimum atomic E-state index is -4.65. The molecule has 0 radical (unpaired) electrons. The van der Waals surface area contributed by atoms with E-state index in [1.165, 1.54) is 6.92 Å². The molecule has 1 amide bonds. The van der Waals surface area contributed by atoms with E-state index in [1.54, 1.807) is 71.7 Å². The van der Waals surface area contributed by atoms with Gasteiger partial charge in [0.2, 0.25) is 0 Å². The molecule has 0 N–H and O–H groups in total. The van der Waals surface area contributed by atoms with Gasteiger partial charge in [0.25, 0.3) is 5.91 Å². The van der Waals surface area contributed by atoms with Crippen LogP contribution in [0.1, 0.15) is 30.9 Å². The molecular weight excluding hydrogens is 575 g/mol. The number of quaternary nitrogens is 1. The van der Waals surface area contributed by atoms with Crippen molar-refractivity contribution in [1.82, 2.24) is 9.91 Å². The smallest absolute Gasteiger partial charge is 0.416 e. The number of rotatable bonds is 7. The van der Waals surface area contributed by atoms with Crippen LogP contribution in [-0.4, -0.2) is 59.4 Å². The Hall–Kier alpha value is -4.70. The van der Waals surface area contributed by atoms with Crippen molar-refractivity contribution in [3.8, 4) is 6.07 Å². The monoisotopic (exact) mass is 605 g/mol. The Morgan fingerprint density at radius 2 is 1.82 bits per heavy atom. The average Bonchev–Trinajstić information content (AvgIpc) is 3.39. The Balaban J connectivity index is 1.54. The zero-order chi connectivity index (χ0) is 31.6. The number of anilines is 1. The number of amides is 1. The minimum absolute atomic E-state index is 0.00138. The summed E-state index contributed by atoms with van der Waals surface area (Å²) in [5, 5.41) is 27.5. The molecule has 12 heteroatoms. The number of hydrogen-bond donors (Lipinski definition) is 0. The van der Waals surface area contributed by atoms with Gasteiger partial charge < -0.3 is 9.94 Å². The molecule has 1 unspecified atom stereocenters. The maximum absolute atomic E-state index is 14.7. The van der Waals surface area contributed by atoms with Crippen molar-refractivity contribution in [2.24, 2.45) is 0 Å². The van der Waals surface area contributed by atoms with Gasteiger partial charge in [-0.25, -0.2) is 5.01 Å². The number of halogens is 3. The number of nitriles is 1. The fraction of sp³-hybridized carbons (Fsp3) is 0.281. The summed E-state index contributed by atoms with van der Waals surface area (Å²) < 4.78 is 45.1. The van der Waals surface area contributed by atoms with E-state index in [9.17, 15) is 33.2 Å². The number of carbonyl (C=O) groups excluding carboxylic acids is 2. The first-order chi connectivity index (χ1) is 20.9. The first-order valence-electron chi connectivity index (χ1n) is 13.9. The quantitative estimate of drug-likeness (QED) is 0.237. The summed E-state index contributed by atoms with van der Waals surface area (Å²) in [5.41, 5.74) is 1.12. The number of benzene rings is 2. The van der Waals surface area contributed by atoms with Crippen LogP contribution < -0.4 is 5.01 Å². The predicted octanol–water partition coefficient (Wildman–Crippen LogP) is 5.41. The van der Waals surface area contributed by atoms with Gasteiger partial charge in [0.15, 0.2) is 6.67 Å². The van der Waals surface area contributed by atoms with Crippen LogP contribution in [0.4, 0.5) is 18.9 Å². The second-order valence-corrected chi connectivity index (χ2v) is 10.7. The van der Waals surface area contributed by atoms with Crippen LogP contribution in [0.5, 0.6) is 0 Å². The van der Waals surface area contributed by atoms with Crippen molar-refractivity contribution in [2.75, 3.05) is 31.8 Å². The van der Waals surface area contributed by atoms with E-state index in [2.05, 4.69) is 6.07 Å². The topological polar surface area (TPSA) is 99.9 Å².